The summed E-state index contributed by atoms with van der Waals surface area (Å²) in [6.45, 7) is 2.21. The molecule has 1 heterocycles. The van der Waals surface area contributed by atoms with Gasteiger partial charge >= 0.3 is 6.01 Å². The average molecular weight is 214 g/mol. The Morgan fingerprint density at radius 2 is 2.20 bits per heavy atom. The van der Waals surface area contributed by atoms with Gasteiger partial charge in [-0.25, -0.2) is 0 Å². The van der Waals surface area contributed by atoms with Crippen LogP contribution >= 0.6 is 0 Å². The third kappa shape index (κ3) is 4.75. The molecule has 0 saturated carbocycles. The van der Waals surface area contributed by atoms with Gasteiger partial charge in [-0.15, -0.1) is 5.10 Å². The number of rotatable bonds is 8. The summed E-state index contributed by atoms with van der Waals surface area (Å²) in [7, 11) is 3.54. The highest BCUT2D eigenvalue weighted by Crippen LogP contribution is 2.04. The molecule has 0 atom stereocenters. The number of hydrogen-bond acceptors (Lipinski definition) is 6. The fraction of sp³-hybridized carbons (Fsp3) is 0.778. The van der Waals surface area contributed by atoms with Crippen molar-refractivity contribution in [1.82, 2.24) is 15.5 Å². The molecule has 2 N–H and O–H groups in total. The topological polar surface area (TPSA) is 72.2 Å². The van der Waals surface area contributed by atoms with E-state index < -0.39 is 0 Å². The smallest absolute Gasteiger partial charge is 0.315 e. The van der Waals surface area contributed by atoms with E-state index in [-0.39, 0.29) is 0 Å². The van der Waals surface area contributed by atoms with Crippen LogP contribution in [0.15, 0.2) is 4.42 Å². The quantitative estimate of drug-likeness (QED) is 0.618. The number of methoxy groups -OCH3 is 1. The zero-order valence-electron chi connectivity index (χ0n) is 9.25. The summed E-state index contributed by atoms with van der Waals surface area (Å²) >= 11 is 0. The fourth-order valence-electron chi connectivity index (χ4n) is 1.11. The maximum atomic E-state index is 5.30. The van der Waals surface area contributed by atoms with Gasteiger partial charge in [-0.1, -0.05) is 5.10 Å². The van der Waals surface area contributed by atoms with Crippen LogP contribution in [0.2, 0.25) is 0 Å². The van der Waals surface area contributed by atoms with Crippen molar-refractivity contribution in [2.24, 2.45) is 0 Å². The van der Waals surface area contributed by atoms with E-state index in [0.29, 0.717) is 18.5 Å². The van der Waals surface area contributed by atoms with Gasteiger partial charge in [0.15, 0.2) is 0 Å². The van der Waals surface area contributed by atoms with Crippen molar-refractivity contribution in [3.05, 3.63) is 5.89 Å². The Morgan fingerprint density at radius 1 is 1.33 bits per heavy atom. The van der Waals surface area contributed by atoms with Gasteiger partial charge in [-0.3, -0.25) is 0 Å². The lowest BCUT2D eigenvalue weighted by molar-refractivity contribution is 0.193. The van der Waals surface area contributed by atoms with Crippen molar-refractivity contribution in [1.29, 1.82) is 0 Å². The molecular weight excluding hydrogens is 196 g/mol. The van der Waals surface area contributed by atoms with Crippen LogP contribution in [0, 0.1) is 0 Å². The monoisotopic (exact) mass is 214 g/mol. The van der Waals surface area contributed by atoms with Crippen molar-refractivity contribution in [3.8, 4) is 0 Å². The maximum Gasteiger partial charge on any atom is 0.315 e. The first-order valence-electron chi connectivity index (χ1n) is 5.06. The lowest BCUT2D eigenvalue weighted by Gasteiger charge is -2.00. The summed E-state index contributed by atoms with van der Waals surface area (Å²) in [6.07, 6.45) is 2.05. The minimum Gasteiger partial charge on any atom is -0.407 e. The number of ether oxygens (including phenoxy) is 1. The summed E-state index contributed by atoms with van der Waals surface area (Å²) < 4.78 is 10.2. The predicted octanol–water partition coefficient (Wildman–Crippen LogP) is 0.627. The van der Waals surface area contributed by atoms with E-state index in [1.165, 1.54) is 0 Å². The van der Waals surface area contributed by atoms with E-state index in [2.05, 4.69) is 20.8 Å². The van der Waals surface area contributed by atoms with Crippen molar-refractivity contribution in [3.63, 3.8) is 0 Å². The second-order valence-electron chi connectivity index (χ2n) is 3.16. The first-order chi connectivity index (χ1) is 7.36. The molecule has 0 aliphatic rings. The molecule has 0 aliphatic carbocycles. The molecular formula is C9H18N4O2. The van der Waals surface area contributed by atoms with E-state index in [1.54, 1.807) is 7.11 Å². The van der Waals surface area contributed by atoms with E-state index in [0.717, 1.165) is 26.0 Å². The summed E-state index contributed by atoms with van der Waals surface area (Å²) in [5, 5.41) is 13.7. The molecule has 0 unspecified atom stereocenters. The van der Waals surface area contributed by atoms with Gasteiger partial charge in [0.2, 0.25) is 5.89 Å². The van der Waals surface area contributed by atoms with Crippen LogP contribution in [0.4, 0.5) is 6.01 Å². The van der Waals surface area contributed by atoms with E-state index in [9.17, 15) is 0 Å². The second kappa shape index (κ2) is 7.19. The Kier molecular flexibility index (Phi) is 5.72. The molecule has 0 bridgehead atoms. The summed E-state index contributed by atoms with van der Waals surface area (Å²) in [6, 6.07) is 0.484. The van der Waals surface area contributed by atoms with E-state index in [4.69, 9.17) is 9.15 Å². The van der Waals surface area contributed by atoms with Crippen LogP contribution in [-0.2, 0) is 11.3 Å². The molecule has 1 aromatic heterocycles. The van der Waals surface area contributed by atoms with E-state index >= 15 is 0 Å². The SMILES string of the molecule is CNCc1nnc(NCCCCOC)o1. The number of aromatic nitrogens is 2. The molecule has 6 heteroatoms. The van der Waals surface area contributed by atoms with Gasteiger partial charge in [0.05, 0.1) is 6.54 Å². The summed E-state index contributed by atoms with van der Waals surface area (Å²) in [5.74, 6) is 0.594. The van der Waals surface area contributed by atoms with Crippen molar-refractivity contribution < 1.29 is 9.15 Å². The molecule has 1 aromatic rings. The fourth-order valence-corrected chi connectivity index (χ4v) is 1.11. The van der Waals surface area contributed by atoms with Crippen molar-refractivity contribution in [2.45, 2.75) is 19.4 Å². The summed E-state index contributed by atoms with van der Waals surface area (Å²) in [5.41, 5.74) is 0. The Hall–Kier alpha value is -1.14. The Balaban J connectivity index is 2.14. The molecule has 0 radical (unpaired) electrons. The summed E-state index contributed by atoms with van der Waals surface area (Å²) in [4.78, 5) is 0. The predicted molar refractivity (Wildman–Crippen MR) is 56.7 cm³/mol. The number of hydrogen-bond donors (Lipinski definition) is 2. The van der Waals surface area contributed by atoms with Crippen LogP contribution in [0.3, 0.4) is 0 Å². The zero-order valence-corrected chi connectivity index (χ0v) is 9.25. The lowest BCUT2D eigenvalue weighted by Crippen LogP contribution is -2.05. The van der Waals surface area contributed by atoms with Crippen molar-refractivity contribution >= 4 is 6.01 Å². The number of nitrogens with zero attached hydrogens (tertiary/aromatic N) is 2. The standard InChI is InChI=1S/C9H18N4O2/c1-10-7-8-12-13-9(15-8)11-5-3-4-6-14-2/h10H,3-7H2,1-2H3,(H,11,13). The molecule has 0 saturated heterocycles. The molecule has 0 aromatic carbocycles. The third-order valence-corrected chi connectivity index (χ3v) is 1.85. The highest BCUT2D eigenvalue weighted by Gasteiger charge is 2.03. The molecule has 0 fully saturated rings. The average Bonchev–Trinajstić information content (AvgIpc) is 2.66. The molecule has 0 amide bonds. The minimum atomic E-state index is 0.484. The minimum absolute atomic E-state index is 0.484. The van der Waals surface area contributed by atoms with Gasteiger partial charge < -0.3 is 19.8 Å². The van der Waals surface area contributed by atoms with Crippen LogP contribution in [0.5, 0.6) is 0 Å². The molecule has 1 rings (SSSR count). The Bertz CT molecular complexity index is 264. The van der Waals surface area contributed by atoms with Gasteiger partial charge in [-0.2, -0.15) is 0 Å². The first kappa shape index (κ1) is 11.9. The maximum absolute atomic E-state index is 5.30. The van der Waals surface area contributed by atoms with Gasteiger partial charge in [0.25, 0.3) is 0 Å². The highest BCUT2D eigenvalue weighted by atomic mass is 16.5. The normalized spacial score (nSPS) is 10.5. The van der Waals surface area contributed by atoms with Crippen molar-refractivity contribution in [2.75, 3.05) is 32.6 Å². The molecule has 15 heavy (non-hydrogen) atoms. The zero-order chi connectivity index (χ0) is 10.9. The second-order valence-corrected chi connectivity index (χ2v) is 3.16. The molecule has 6 nitrogen and oxygen atoms in total. The highest BCUT2D eigenvalue weighted by molar-refractivity contribution is 5.16. The Labute approximate surface area is 89.4 Å². The van der Waals surface area contributed by atoms with Crippen LogP contribution < -0.4 is 10.6 Å². The Morgan fingerprint density at radius 3 is 2.93 bits per heavy atom. The van der Waals surface area contributed by atoms with Gasteiger partial charge in [0, 0.05) is 20.3 Å². The molecule has 0 spiro atoms. The number of unbranched alkanes of at least 4 members (excludes halogenated alkanes) is 1. The van der Waals surface area contributed by atoms with Crippen LogP contribution in [0.25, 0.3) is 0 Å². The first-order valence-corrected chi connectivity index (χ1v) is 5.06. The lowest BCUT2D eigenvalue weighted by atomic mass is 10.3. The number of anilines is 1. The van der Waals surface area contributed by atoms with Gasteiger partial charge in [-0.05, 0) is 19.9 Å². The molecule has 86 valence electrons. The van der Waals surface area contributed by atoms with Crippen LogP contribution in [0.1, 0.15) is 18.7 Å². The van der Waals surface area contributed by atoms with Gasteiger partial charge in [0.1, 0.15) is 0 Å². The third-order valence-electron chi connectivity index (χ3n) is 1.85. The largest absolute Gasteiger partial charge is 0.407 e. The van der Waals surface area contributed by atoms with E-state index in [1.807, 2.05) is 7.05 Å². The number of nitrogens with one attached hydrogen (secondary N) is 2. The van der Waals surface area contributed by atoms with Crippen LogP contribution in [-0.4, -0.2) is 37.5 Å². The molecule has 0 aliphatic heterocycles.